The van der Waals surface area contributed by atoms with E-state index in [0.717, 1.165) is 46.1 Å². The second kappa shape index (κ2) is 16.6. The zero-order valence-corrected chi connectivity index (χ0v) is 34.5. The minimum absolute atomic E-state index is 0.149. The summed E-state index contributed by atoms with van der Waals surface area (Å²) in [4.78, 5) is 33.0. The standard InChI is InChI=1S/C55H42N2O6/c1-3-53(58)62-27-25-60-43-19-13-35(14-20-43)51-33-39-29-41(17-23-49(39)56-51)55(47-12-8-7-11-45(47)46-31-37-9-5-6-10-38(37)32-48(46)55)42-18-24-50-40(30-42)34-52(57-50)36-15-21-44(22-16-36)61-26-28-63-54(59)4-2/h3-24,29-32H,1-2,25-28,33-34H2. The monoisotopic (exact) mass is 826 g/mol. The highest BCUT2D eigenvalue weighted by atomic mass is 16.6. The highest BCUT2D eigenvalue weighted by Crippen LogP contribution is 2.58. The summed E-state index contributed by atoms with van der Waals surface area (Å²) in [6, 6.07) is 51.7. The van der Waals surface area contributed by atoms with E-state index >= 15 is 0 Å². The lowest BCUT2D eigenvalue weighted by Crippen LogP contribution is -2.29. The van der Waals surface area contributed by atoms with Gasteiger partial charge in [0.05, 0.1) is 28.2 Å². The summed E-state index contributed by atoms with van der Waals surface area (Å²) in [6.07, 6.45) is 3.66. The number of rotatable bonds is 14. The molecule has 0 fully saturated rings. The topological polar surface area (TPSA) is 95.8 Å². The summed E-state index contributed by atoms with van der Waals surface area (Å²) in [6.45, 7) is 7.64. The van der Waals surface area contributed by atoms with Crippen LogP contribution < -0.4 is 9.47 Å². The number of fused-ring (bicyclic) bond motifs is 6. The zero-order valence-electron chi connectivity index (χ0n) is 34.5. The number of benzene rings is 7. The molecule has 7 aromatic rings. The first kappa shape index (κ1) is 39.3. The molecule has 0 saturated carbocycles. The van der Waals surface area contributed by atoms with Crippen molar-refractivity contribution in [3.63, 3.8) is 0 Å². The lowest BCUT2D eigenvalue weighted by molar-refractivity contribution is -0.139. The molecule has 0 aromatic heterocycles. The molecule has 0 spiro atoms. The number of esters is 2. The summed E-state index contributed by atoms with van der Waals surface area (Å²) in [5, 5.41) is 2.41. The third kappa shape index (κ3) is 7.29. The van der Waals surface area contributed by atoms with E-state index in [9.17, 15) is 9.59 Å². The minimum Gasteiger partial charge on any atom is -0.490 e. The smallest absolute Gasteiger partial charge is 0.330 e. The first-order valence-electron chi connectivity index (χ1n) is 21.0. The molecule has 0 amide bonds. The molecule has 10 rings (SSSR count). The van der Waals surface area contributed by atoms with Crippen LogP contribution in [0.2, 0.25) is 0 Å². The predicted octanol–water partition coefficient (Wildman–Crippen LogP) is 10.8. The maximum atomic E-state index is 11.4. The van der Waals surface area contributed by atoms with Crippen molar-refractivity contribution in [2.45, 2.75) is 18.3 Å². The molecule has 0 radical (unpaired) electrons. The Kier molecular flexibility index (Phi) is 10.3. The lowest BCUT2D eigenvalue weighted by Gasteiger charge is -2.34. The quantitative estimate of drug-likeness (QED) is 0.0615. The molecule has 7 aromatic carbocycles. The normalized spacial score (nSPS) is 13.8. The number of aliphatic imine (C=N–C) groups is 2. The number of hydrogen-bond donors (Lipinski definition) is 0. The van der Waals surface area contributed by atoms with E-state index in [2.05, 4.69) is 110 Å². The highest BCUT2D eigenvalue weighted by molar-refractivity contribution is 6.08. The van der Waals surface area contributed by atoms with Crippen LogP contribution in [0.3, 0.4) is 0 Å². The molecule has 1 aliphatic carbocycles. The predicted molar refractivity (Wildman–Crippen MR) is 247 cm³/mol. The second-order valence-corrected chi connectivity index (χ2v) is 15.7. The van der Waals surface area contributed by atoms with E-state index in [-0.39, 0.29) is 26.4 Å². The maximum Gasteiger partial charge on any atom is 0.330 e. The molecule has 3 aliphatic rings. The van der Waals surface area contributed by atoms with Crippen LogP contribution in [0.15, 0.2) is 181 Å². The number of carbonyl (C=O) groups excluding carboxylic acids is 2. The number of hydrogen-bond acceptors (Lipinski definition) is 8. The molecule has 2 heterocycles. The molecular weight excluding hydrogens is 785 g/mol. The Hall–Kier alpha value is -7.84. The van der Waals surface area contributed by atoms with Crippen LogP contribution in [-0.2, 0) is 37.3 Å². The molecule has 0 saturated heterocycles. The third-order valence-corrected chi connectivity index (χ3v) is 12.1. The van der Waals surface area contributed by atoms with Gasteiger partial charge >= 0.3 is 11.9 Å². The highest BCUT2D eigenvalue weighted by Gasteiger charge is 2.47. The van der Waals surface area contributed by atoms with Crippen LogP contribution in [-0.4, -0.2) is 49.8 Å². The van der Waals surface area contributed by atoms with Crippen LogP contribution in [0.4, 0.5) is 11.4 Å². The molecule has 0 unspecified atom stereocenters. The molecule has 0 bridgehead atoms. The maximum absolute atomic E-state index is 11.4. The van der Waals surface area contributed by atoms with Crippen molar-refractivity contribution >= 4 is 45.5 Å². The first-order chi connectivity index (χ1) is 30.9. The number of ether oxygens (including phenoxy) is 4. The fourth-order valence-electron chi connectivity index (χ4n) is 9.16. The van der Waals surface area contributed by atoms with E-state index in [1.807, 2.05) is 48.5 Å². The largest absolute Gasteiger partial charge is 0.490 e. The van der Waals surface area contributed by atoms with Gasteiger partial charge in [-0.05, 0) is 139 Å². The van der Waals surface area contributed by atoms with E-state index < -0.39 is 17.4 Å². The van der Waals surface area contributed by atoms with Crippen LogP contribution in [0.25, 0.3) is 21.9 Å². The molecule has 0 N–H and O–H groups in total. The molecular formula is C55H42N2O6. The molecule has 2 aliphatic heterocycles. The number of nitrogens with zero attached hydrogens (tertiary/aromatic N) is 2. The van der Waals surface area contributed by atoms with Crippen LogP contribution in [0.1, 0.15) is 44.5 Å². The van der Waals surface area contributed by atoms with Gasteiger partial charge in [0.1, 0.15) is 37.9 Å². The summed E-state index contributed by atoms with van der Waals surface area (Å²) in [5.41, 5.74) is 15.1. The van der Waals surface area contributed by atoms with Gasteiger partial charge in [-0.3, -0.25) is 9.98 Å². The van der Waals surface area contributed by atoms with Gasteiger partial charge in [-0.25, -0.2) is 9.59 Å². The van der Waals surface area contributed by atoms with Crippen LogP contribution in [0, 0.1) is 0 Å². The van der Waals surface area contributed by atoms with E-state index in [1.165, 1.54) is 55.3 Å². The Bertz CT molecular complexity index is 2900. The van der Waals surface area contributed by atoms with Crippen molar-refractivity contribution in [1.82, 2.24) is 0 Å². The lowest BCUT2D eigenvalue weighted by atomic mass is 9.67. The van der Waals surface area contributed by atoms with Crippen LogP contribution >= 0.6 is 0 Å². The van der Waals surface area contributed by atoms with Crippen molar-refractivity contribution in [2.24, 2.45) is 9.98 Å². The molecule has 8 heteroatoms. The van der Waals surface area contributed by atoms with Gasteiger partial charge < -0.3 is 18.9 Å². The Morgan fingerprint density at radius 2 is 1.02 bits per heavy atom. The van der Waals surface area contributed by atoms with Gasteiger partial charge in [-0.2, -0.15) is 0 Å². The summed E-state index contributed by atoms with van der Waals surface area (Å²) < 4.78 is 21.7. The van der Waals surface area contributed by atoms with E-state index in [0.29, 0.717) is 24.3 Å². The Morgan fingerprint density at radius 1 is 0.524 bits per heavy atom. The van der Waals surface area contributed by atoms with Gasteiger partial charge in [0.2, 0.25) is 0 Å². The van der Waals surface area contributed by atoms with Crippen LogP contribution in [0.5, 0.6) is 11.5 Å². The summed E-state index contributed by atoms with van der Waals surface area (Å²) >= 11 is 0. The van der Waals surface area contributed by atoms with Crippen molar-refractivity contribution in [1.29, 1.82) is 0 Å². The minimum atomic E-state index is -0.622. The molecule has 8 nitrogen and oxygen atoms in total. The molecule has 63 heavy (non-hydrogen) atoms. The van der Waals surface area contributed by atoms with Gasteiger partial charge in [-0.1, -0.05) is 86.0 Å². The van der Waals surface area contributed by atoms with Crippen molar-refractivity contribution in [2.75, 3.05) is 26.4 Å². The fraction of sp³-hybridized carbons (Fsp3) is 0.127. The van der Waals surface area contributed by atoms with Gasteiger partial charge in [-0.15, -0.1) is 0 Å². The molecule has 308 valence electrons. The second-order valence-electron chi connectivity index (χ2n) is 15.7. The zero-order chi connectivity index (χ0) is 42.9. The van der Waals surface area contributed by atoms with Gasteiger partial charge in [0.15, 0.2) is 0 Å². The van der Waals surface area contributed by atoms with Gasteiger partial charge in [0, 0.05) is 25.0 Å². The van der Waals surface area contributed by atoms with Crippen molar-refractivity contribution in [3.05, 3.63) is 215 Å². The average Bonchev–Trinajstić information content (AvgIpc) is 4.04. The van der Waals surface area contributed by atoms with Crippen molar-refractivity contribution in [3.8, 4) is 22.6 Å². The first-order valence-corrected chi connectivity index (χ1v) is 21.0. The Labute approximate surface area is 365 Å². The Balaban J connectivity index is 0.978. The van der Waals surface area contributed by atoms with Gasteiger partial charge in [0.25, 0.3) is 0 Å². The summed E-state index contributed by atoms with van der Waals surface area (Å²) in [5.74, 6) is 0.444. The average molecular weight is 827 g/mol. The third-order valence-electron chi connectivity index (χ3n) is 12.1. The van der Waals surface area contributed by atoms with E-state index in [1.54, 1.807) is 0 Å². The SMILES string of the molecule is C=CC(=O)OCCOc1ccc(C2=Nc3ccc(C4(c5ccc6c(c5)CC(c5ccc(OCCOC(=O)C=C)cc5)=N6)c5ccccc5-c5cc6ccccc6cc54)cc3C2)cc1. The number of carbonyl (C=O) groups is 2. The van der Waals surface area contributed by atoms with Crippen molar-refractivity contribution < 1.29 is 28.5 Å². The summed E-state index contributed by atoms with van der Waals surface area (Å²) in [7, 11) is 0. The molecule has 0 atom stereocenters. The fourth-order valence-corrected chi connectivity index (χ4v) is 9.16. The van der Waals surface area contributed by atoms with E-state index in [4.69, 9.17) is 28.9 Å². The Morgan fingerprint density at radius 3 is 1.54 bits per heavy atom.